The molecule has 4 heteroatoms. The number of rotatable bonds is 4. The molecule has 3 rings (SSSR count). The summed E-state index contributed by atoms with van der Waals surface area (Å²) in [5, 5.41) is 19.4. The van der Waals surface area contributed by atoms with Crippen LogP contribution in [0.3, 0.4) is 0 Å². The molecular weight excluding hydrogens is 262 g/mol. The zero-order valence-electron chi connectivity index (χ0n) is 11.8. The highest BCUT2D eigenvalue weighted by Crippen LogP contribution is 2.27. The van der Waals surface area contributed by atoms with Gasteiger partial charge in [-0.3, -0.25) is 0 Å². The van der Waals surface area contributed by atoms with Crippen molar-refractivity contribution in [1.29, 1.82) is 0 Å². The topological polar surface area (TPSA) is 50.9 Å². The van der Waals surface area contributed by atoms with Gasteiger partial charge in [-0.25, -0.2) is 0 Å². The number of benzene rings is 2. The molecule has 0 amide bonds. The number of hydrogen-bond donors (Lipinski definition) is 1. The Morgan fingerprint density at radius 3 is 2.14 bits per heavy atom. The molecule has 0 saturated heterocycles. The maximum absolute atomic E-state index is 10.6. The van der Waals surface area contributed by atoms with Crippen LogP contribution in [0.2, 0.25) is 0 Å². The summed E-state index contributed by atoms with van der Waals surface area (Å²) >= 11 is 0. The van der Waals surface area contributed by atoms with Gasteiger partial charge in [-0.2, -0.15) is 15.0 Å². The molecule has 2 unspecified atom stereocenters. The standard InChI is InChI=1S/C17H17N3O/c1-3-16(17(21)13-10-8-12(2)9-11-13)20-18-14-6-4-5-7-15(14)19-20/h3-11,16-17,21H,1H2,2H3. The third kappa shape index (κ3) is 2.58. The Morgan fingerprint density at radius 2 is 1.62 bits per heavy atom. The van der Waals surface area contributed by atoms with Crippen LogP contribution in [0.4, 0.5) is 0 Å². The van der Waals surface area contributed by atoms with E-state index in [9.17, 15) is 5.11 Å². The minimum Gasteiger partial charge on any atom is -0.386 e. The van der Waals surface area contributed by atoms with Crippen molar-refractivity contribution in [2.24, 2.45) is 0 Å². The van der Waals surface area contributed by atoms with Crippen molar-refractivity contribution in [3.8, 4) is 0 Å². The second kappa shape index (κ2) is 5.50. The lowest BCUT2D eigenvalue weighted by molar-refractivity contribution is 0.122. The second-order valence-corrected chi connectivity index (χ2v) is 5.09. The summed E-state index contributed by atoms with van der Waals surface area (Å²) in [6.07, 6.45) is 0.938. The van der Waals surface area contributed by atoms with E-state index in [1.54, 1.807) is 6.08 Å². The predicted molar refractivity (Wildman–Crippen MR) is 82.9 cm³/mol. The van der Waals surface area contributed by atoms with Crippen molar-refractivity contribution in [2.45, 2.75) is 19.1 Å². The van der Waals surface area contributed by atoms with Crippen LogP contribution in [-0.4, -0.2) is 20.1 Å². The Bertz CT molecular complexity index is 728. The maximum Gasteiger partial charge on any atom is 0.119 e. The lowest BCUT2D eigenvalue weighted by Gasteiger charge is -2.19. The van der Waals surface area contributed by atoms with Gasteiger partial charge in [-0.15, -0.1) is 6.58 Å². The predicted octanol–water partition coefficient (Wildman–Crippen LogP) is 3.20. The average molecular weight is 279 g/mol. The van der Waals surface area contributed by atoms with E-state index >= 15 is 0 Å². The Kier molecular flexibility index (Phi) is 3.54. The van der Waals surface area contributed by atoms with Crippen molar-refractivity contribution in [3.63, 3.8) is 0 Å². The Labute approximate surface area is 123 Å². The highest BCUT2D eigenvalue weighted by atomic mass is 16.3. The Balaban J connectivity index is 1.97. The summed E-state index contributed by atoms with van der Waals surface area (Å²) in [5.74, 6) is 0. The van der Waals surface area contributed by atoms with Crippen LogP contribution in [0.1, 0.15) is 23.3 Å². The maximum atomic E-state index is 10.6. The van der Waals surface area contributed by atoms with Crippen LogP contribution < -0.4 is 0 Å². The molecule has 0 aliphatic carbocycles. The smallest absolute Gasteiger partial charge is 0.119 e. The van der Waals surface area contributed by atoms with E-state index in [0.29, 0.717) is 0 Å². The third-order valence-electron chi connectivity index (χ3n) is 3.55. The second-order valence-electron chi connectivity index (χ2n) is 5.09. The van der Waals surface area contributed by atoms with Gasteiger partial charge in [0.05, 0.1) is 0 Å². The van der Waals surface area contributed by atoms with Crippen molar-refractivity contribution >= 4 is 11.0 Å². The van der Waals surface area contributed by atoms with Crippen molar-refractivity contribution in [1.82, 2.24) is 15.0 Å². The summed E-state index contributed by atoms with van der Waals surface area (Å²) in [6.45, 7) is 5.83. The molecule has 106 valence electrons. The minimum absolute atomic E-state index is 0.403. The van der Waals surface area contributed by atoms with E-state index in [2.05, 4.69) is 16.8 Å². The van der Waals surface area contributed by atoms with Gasteiger partial charge in [0, 0.05) is 0 Å². The SMILES string of the molecule is C=CC(C(O)c1ccc(C)cc1)n1nc2ccccc2n1. The Hall–Kier alpha value is -2.46. The highest BCUT2D eigenvalue weighted by molar-refractivity contribution is 5.73. The number of nitrogens with zero attached hydrogens (tertiary/aromatic N) is 3. The molecule has 3 aromatic rings. The van der Waals surface area contributed by atoms with E-state index in [0.717, 1.165) is 22.2 Å². The molecular formula is C17H17N3O. The first kappa shape index (κ1) is 13.5. The van der Waals surface area contributed by atoms with Gasteiger partial charge >= 0.3 is 0 Å². The largest absolute Gasteiger partial charge is 0.386 e. The van der Waals surface area contributed by atoms with Gasteiger partial charge in [0.25, 0.3) is 0 Å². The van der Waals surface area contributed by atoms with Crippen LogP contribution in [0.5, 0.6) is 0 Å². The third-order valence-corrected chi connectivity index (χ3v) is 3.55. The summed E-state index contributed by atoms with van der Waals surface area (Å²) in [5.41, 5.74) is 3.59. The fourth-order valence-corrected chi connectivity index (χ4v) is 2.32. The number of aliphatic hydroxyl groups excluding tert-OH is 1. The lowest BCUT2D eigenvalue weighted by Crippen LogP contribution is -2.18. The molecule has 0 saturated carbocycles. The molecule has 0 spiro atoms. The first-order valence-corrected chi connectivity index (χ1v) is 6.88. The van der Waals surface area contributed by atoms with Crippen LogP contribution in [-0.2, 0) is 0 Å². The minimum atomic E-state index is -0.732. The molecule has 1 heterocycles. The normalized spacial score (nSPS) is 14.0. The first-order chi connectivity index (χ1) is 10.2. The molecule has 1 N–H and O–H groups in total. The zero-order chi connectivity index (χ0) is 14.8. The zero-order valence-corrected chi connectivity index (χ0v) is 11.8. The van der Waals surface area contributed by atoms with Crippen molar-refractivity contribution in [2.75, 3.05) is 0 Å². The van der Waals surface area contributed by atoms with Gasteiger partial charge < -0.3 is 5.11 Å². The molecule has 2 aromatic carbocycles. The summed E-state index contributed by atoms with van der Waals surface area (Å²) in [4.78, 5) is 1.53. The fourth-order valence-electron chi connectivity index (χ4n) is 2.32. The molecule has 1 aromatic heterocycles. The summed E-state index contributed by atoms with van der Waals surface area (Å²) in [7, 11) is 0. The van der Waals surface area contributed by atoms with Gasteiger partial charge in [-0.05, 0) is 24.6 Å². The highest BCUT2D eigenvalue weighted by Gasteiger charge is 2.22. The molecule has 0 radical (unpaired) electrons. The molecule has 4 nitrogen and oxygen atoms in total. The number of hydrogen-bond acceptors (Lipinski definition) is 3. The number of aryl methyl sites for hydroxylation is 1. The van der Waals surface area contributed by atoms with Crippen LogP contribution in [0.15, 0.2) is 61.2 Å². The van der Waals surface area contributed by atoms with Crippen LogP contribution >= 0.6 is 0 Å². The number of aliphatic hydroxyl groups is 1. The Morgan fingerprint density at radius 1 is 1.05 bits per heavy atom. The van der Waals surface area contributed by atoms with Crippen molar-refractivity contribution in [3.05, 3.63) is 72.3 Å². The van der Waals surface area contributed by atoms with Gasteiger partial charge in [-0.1, -0.05) is 48.0 Å². The quantitative estimate of drug-likeness (QED) is 0.746. The lowest BCUT2D eigenvalue weighted by atomic mass is 10.0. The van der Waals surface area contributed by atoms with Crippen LogP contribution in [0.25, 0.3) is 11.0 Å². The number of fused-ring (bicyclic) bond motifs is 1. The molecule has 0 fully saturated rings. The van der Waals surface area contributed by atoms with Crippen LogP contribution in [0, 0.1) is 6.92 Å². The van der Waals surface area contributed by atoms with Gasteiger partial charge in [0.2, 0.25) is 0 Å². The summed E-state index contributed by atoms with van der Waals surface area (Å²) < 4.78 is 0. The van der Waals surface area contributed by atoms with E-state index in [1.807, 2.05) is 55.5 Å². The molecule has 0 bridgehead atoms. The summed E-state index contributed by atoms with van der Waals surface area (Å²) in [6, 6.07) is 15.0. The number of aromatic nitrogens is 3. The van der Waals surface area contributed by atoms with Crippen molar-refractivity contribution < 1.29 is 5.11 Å². The molecule has 0 aliphatic heterocycles. The monoisotopic (exact) mass is 279 g/mol. The van der Waals surface area contributed by atoms with Gasteiger partial charge in [0.1, 0.15) is 23.2 Å². The van der Waals surface area contributed by atoms with E-state index < -0.39 is 12.1 Å². The van der Waals surface area contributed by atoms with E-state index in [4.69, 9.17) is 0 Å². The van der Waals surface area contributed by atoms with E-state index in [-0.39, 0.29) is 0 Å². The first-order valence-electron chi connectivity index (χ1n) is 6.88. The molecule has 0 aliphatic rings. The van der Waals surface area contributed by atoms with Gasteiger partial charge in [0.15, 0.2) is 0 Å². The molecule has 21 heavy (non-hydrogen) atoms. The van der Waals surface area contributed by atoms with E-state index in [1.165, 1.54) is 4.80 Å². The fraction of sp³-hybridized carbons (Fsp3) is 0.176. The molecule has 2 atom stereocenters. The average Bonchev–Trinajstić information content (AvgIpc) is 2.92.